The van der Waals surface area contributed by atoms with Gasteiger partial charge in [-0.2, -0.15) is 6.08 Å². The van der Waals surface area contributed by atoms with Gasteiger partial charge in [0, 0.05) is 0 Å². The van der Waals surface area contributed by atoms with Gasteiger partial charge >= 0.3 is 5.76 Å². The van der Waals surface area contributed by atoms with Gasteiger partial charge < -0.3 is 5.73 Å². The van der Waals surface area contributed by atoms with Gasteiger partial charge in [-0.05, 0) is 19.0 Å². The Labute approximate surface area is 96.5 Å². The van der Waals surface area contributed by atoms with Crippen LogP contribution in [0.25, 0.3) is 0 Å². The van der Waals surface area contributed by atoms with Crippen molar-refractivity contribution in [3.8, 4) is 0 Å². The topological polar surface area (TPSA) is 37.3 Å². The minimum atomic E-state index is 0.443. The van der Waals surface area contributed by atoms with E-state index in [4.69, 9.17) is 10.2 Å². The molecule has 1 unspecified atom stereocenters. The van der Waals surface area contributed by atoms with Gasteiger partial charge in [-0.25, -0.2) is 4.42 Å². The number of allylic oxidation sites excluding steroid dienone is 7. The second kappa shape index (κ2) is 4.99. The van der Waals surface area contributed by atoms with Crippen LogP contribution in [0.2, 0.25) is 0 Å². The molecular weight excluding hydrogens is 198 g/mol. The van der Waals surface area contributed by atoms with Crippen molar-refractivity contribution in [3.63, 3.8) is 0 Å². The fraction of sp³-hybridized carbons (Fsp3) is 0.286. The third-order valence-corrected chi connectivity index (χ3v) is 2.99. The van der Waals surface area contributed by atoms with Crippen molar-refractivity contribution in [1.82, 2.24) is 0 Å². The lowest BCUT2D eigenvalue weighted by molar-refractivity contribution is -0.388. The molecule has 84 valence electrons. The Balaban J connectivity index is 2.28. The van der Waals surface area contributed by atoms with E-state index in [0.29, 0.717) is 12.5 Å². The highest BCUT2D eigenvalue weighted by molar-refractivity contribution is 5.50. The minimum Gasteiger partial charge on any atom is -0.330 e. The molecule has 2 rings (SSSR count). The van der Waals surface area contributed by atoms with E-state index >= 15 is 0 Å². The van der Waals surface area contributed by atoms with Gasteiger partial charge in [-0.3, -0.25) is 0 Å². The highest BCUT2D eigenvalue weighted by atomic mass is 16.4. The largest absolute Gasteiger partial charge is 0.330 e. The first-order valence-electron chi connectivity index (χ1n) is 5.60. The molecule has 2 N–H and O–H groups in total. The van der Waals surface area contributed by atoms with Crippen LogP contribution in [-0.4, -0.2) is 13.3 Å². The van der Waals surface area contributed by atoms with Gasteiger partial charge in [0.2, 0.25) is 0 Å². The van der Waals surface area contributed by atoms with Crippen LogP contribution in [0, 0.1) is 12.3 Å². The SMILES string of the molecule is C=[O+]C1=CC=C2[CH-]C=CC(CCN)C2=CC1. The van der Waals surface area contributed by atoms with Crippen LogP contribution >= 0.6 is 0 Å². The number of fused-ring (bicyclic) bond motifs is 1. The van der Waals surface area contributed by atoms with Crippen LogP contribution in [-0.2, 0) is 4.42 Å². The summed E-state index contributed by atoms with van der Waals surface area (Å²) in [4.78, 5) is 0. The van der Waals surface area contributed by atoms with Crippen LogP contribution in [0.15, 0.2) is 47.3 Å². The van der Waals surface area contributed by atoms with E-state index in [-0.39, 0.29) is 0 Å². The fourth-order valence-electron chi connectivity index (χ4n) is 2.13. The Bertz CT molecular complexity index is 399. The van der Waals surface area contributed by atoms with Crippen molar-refractivity contribution in [1.29, 1.82) is 0 Å². The number of hydrogen-bond acceptors (Lipinski definition) is 1. The number of nitrogens with two attached hydrogens (primary N) is 1. The van der Waals surface area contributed by atoms with E-state index in [0.717, 1.165) is 18.6 Å². The standard InChI is InChI=1S/C14H17NO/c1-16-13-6-5-11-3-2-4-12(9-10-15)14(11)8-7-13/h2-6,8,12H,1,7,9-10,15H2. The zero-order valence-corrected chi connectivity index (χ0v) is 9.36. The summed E-state index contributed by atoms with van der Waals surface area (Å²) < 4.78 is 5.04. The highest BCUT2D eigenvalue weighted by Gasteiger charge is 2.14. The van der Waals surface area contributed by atoms with Crippen molar-refractivity contribution in [3.05, 3.63) is 53.7 Å². The number of rotatable bonds is 3. The Hall–Kier alpha value is -1.54. The van der Waals surface area contributed by atoms with E-state index in [1.165, 1.54) is 11.1 Å². The highest BCUT2D eigenvalue weighted by Crippen LogP contribution is 2.32. The van der Waals surface area contributed by atoms with Gasteiger partial charge in [0.15, 0.2) is 0 Å². The van der Waals surface area contributed by atoms with E-state index in [1.54, 1.807) is 0 Å². The molecule has 0 fully saturated rings. The predicted octanol–water partition coefficient (Wildman–Crippen LogP) is 2.23. The van der Waals surface area contributed by atoms with E-state index in [1.807, 2.05) is 6.08 Å². The lowest BCUT2D eigenvalue weighted by atomic mass is 9.83. The smallest absolute Gasteiger partial charge is 0.321 e. The van der Waals surface area contributed by atoms with E-state index in [9.17, 15) is 0 Å². The molecule has 16 heavy (non-hydrogen) atoms. The third-order valence-electron chi connectivity index (χ3n) is 2.99. The van der Waals surface area contributed by atoms with Crippen molar-refractivity contribution < 1.29 is 4.42 Å². The molecule has 0 aromatic heterocycles. The first kappa shape index (κ1) is 11.0. The average molecular weight is 215 g/mol. The van der Waals surface area contributed by atoms with E-state index in [2.05, 4.69) is 37.5 Å². The molecule has 0 aromatic rings. The zero-order chi connectivity index (χ0) is 11.4. The summed E-state index contributed by atoms with van der Waals surface area (Å²) in [7, 11) is 0. The van der Waals surface area contributed by atoms with Crippen LogP contribution in [0.3, 0.4) is 0 Å². The monoisotopic (exact) mass is 215 g/mol. The molecule has 2 nitrogen and oxygen atoms in total. The lowest BCUT2D eigenvalue weighted by Gasteiger charge is -2.29. The lowest BCUT2D eigenvalue weighted by Crippen LogP contribution is -2.13. The molecule has 2 heteroatoms. The third kappa shape index (κ3) is 2.17. The van der Waals surface area contributed by atoms with Crippen LogP contribution in [0.1, 0.15) is 12.8 Å². The van der Waals surface area contributed by atoms with Crippen molar-refractivity contribution in [2.45, 2.75) is 12.8 Å². The molecule has 0 saturated heterocycles. The second-order valence-corrected chi connectivity index (χ2v) is 4.00. The molecule has 1 atom stereocenters. The van der Waals surface area contributed by atoms with Crippen molar-refractivity contribution in [2.75, 3.05) is 6.54 Å². The molecule has 0 amide bonds. The summed E-state index contributed by atoms with van der Waals surface area (Å²) in [6, 6.07) is 0. The van der Waals surface area contributed by atoms with Gasteiger partial charge in [-0.1, -0.05) is 5.92 Å². The Kier molecular flexibility index (Phi) is 3.42. The van der Waals surface area contributed by atoms with Gasteiger partial charge in [0.05, 0.1) is 6.42 Å². The molecule has 0 aliphatic heterocycles. The van der Waals surface area contributed by atoms with Gasteiger partial charge in [-0.15, -0.1) is 35.8 Å². The summed E-state index contributed by atoms with van der Waals surface area (Å²) in [5, 5.41) is 0. The molecule has 0 radical (unpaired) electrons. The second-order valence-electron chi connectivity index (χ2n) is 4.00. The van der Waals surface area contributed by atoms with Crippen LogP contribution in [0.4, 0.5) is 0 Å². The predicted molar refractivity (Wildman–Crippen MR) is 66.6 cm³/mol. The summed E-state index contributed by atoms with van der Waals surface area (Å²) in [5.41, 5.74) is 8.25. The molecule has 0 bridgehead atoms. The first-order chi connectivity index (χ1) is 7.85. The Morgan fingerprint density at radius 3 is 3.12 bits per heavy atom. The number of carbonyl (C=O) groups excluding carboxylic acids is 1. The van der Waals surface area contributed by atoms with Crippen molar-refractivity contribution >= 4 is 6.79 Å². The number of hydrogen-bond donors (Lipinski definition) is 1. The molecule has 0 aromatic carbocycles. The van der Waals surface area contributed by atoms with Crippen LogP contribution < -0.4 is 5.73 Å². The molecule has 2 aliphatic carbocycles. The molecule has 0 spiro atoms. The maximum atomic E-state index is 5.64. The van der Waals surface area contributed by atoms with E-state index < -0.39 is 0 Å². The zero-order valence-electron chi connectivity index (χ0n) is 9.36. The quantitative estimate of drug-likeness (QED) is 0.569. The average Bonchev–Trinajstić information content (AvgIpc) is 2.52. The molecule has 0 saturated carbocycles. The van der Waals surface area contributed by atoms with Crippen LogP contribution in [0.5, 0.6) is 0 Å². The summed E-state index contributed by atoms with van der Waals surface area (Å²) >= 11 is 0. The first-order valence-corrected chi connectivity index (χ1v) is 5.60. The van der Waals surface area contributed by atoms with Gasteiger partial charge in [0.25, 0.3) is 6.79 Å². The Morgan fingerprint density at radius 1 is 1.50 bits per heavy atom. The minimum absolute atomic E-state index is 0.443. The summed E-state index contributed by atoms with van der Waals surface area (Å²) in [6.45, 7) is 4.17. The maximum absolute atomic E-state index is 5.64. The summed E-state index contributed by atoms with van der Waals surface area (Å²) in [5.74, 6) is 1.34. The maximum Gasteiger partial charge on any atom is 0.321 e. The fourth-order valence-corrected chi connectivity index (χ4v) is 2.13. The van der Waals surface area contributed by atoms with Crippen molar-refractivity contribution in [2.24, 2.45) is 11.7 Å². The van der Waals surface area contributed by atoms with Gasteiger partial charge in [0.1, 0.15) is 0 Å². The Morgan fingerprint density at radius 2 is 2.38 bits per heavy atom. The molecule has 0 heterocycles. The normalized spacial score (nSPS) is 23.3. The summed E-state index contributed by atoms with van der Waals surface area (Å²) in [6.07, 6.45) is 14.5. The molecular formula is C14H17NO. The molecule has 2 aliphatic rings.